The highest BCUT2D eigenvalue weighted by Gasteiger charge is 2.25. The van der Waals surface area contributed by atoms with Crippen molar-refractivity contribution in [1.82, 2.24) is 5.32 Å². The van der Waals surface area contributed by atoms with Crippen LogP contribution in [0.2, 0.25) is 0 Å². The minimum absolute atomic E-state index is 0.0555. The molecule has 0 fully saturated rings. The number of hydrogen-bond acceptors (Lipinski definition) is 4. The smallest absolute Gasteiger partial charge is 0.206 e. The fourth-order valence-electron chi connectivity index (χ4n) is 2.84. The van der Waals surface area contributed by atoms with Gasteiger partial charge in [-0.1, -0.05) is 12.1 Å². The maximum absolute atomic E-state index is 13.3. The van der Waals surface area contributed by atoms with Crippen LogP contribution in [0, 0.1) is 5.82 Å². The first-order chi connectivity index (χ1) is 11.0. The van der Waals surface area contributed by atoms with E-state index in [1.165, 1.54) is 24.3 Å². The monoisotopic (exact) mass is 335 g/mol. The van der Waals surface area contributed by atoms with Crippen LogP contribution in [-0.4, -0.2) is 28.6 Å². The molecule has 1 unspecified atom stereocenters. The molecule has 0 bridgehead atoms. The summed E-state index contributed by atoms with van der Waals surface area (Å²) < 4.78 is 44.2. The van der Waals surface area contributed by atoms with Crippen LogP contribution in [0.1, 0.15) is 17.9 Å². The van der Waals surface area contributed by atoms with Gasteiger partial charge in [-0.2, -0.15) is 0 Å². The first-order valence-corrected chi connectivity index (χ1v) is 8.92. The van der Waals surface area contributed by atoms with E-state index in [0.29, 0.717) is 18.3 Å². The maximum Gasteiger partial charge on any atom is 0.206 e. The van der Waals surface area contributed by atoms with Crippen LogP contribution in [0.3, 0.4) is 0 Å². The van der Waals surface area contributed by atoms with Gasteiger partial charge in [0.2, 0.25) is 9.84 Å². The van der Waals surface area contributed by atoms with Gasteiger partial charge in [-0.3, -0.25) is 0 Å². The summed E-state index contributed by atoms with van der Waals surface area (Å²) in [6, 6.07) is 9.93. The zero-order valence-electron chi connectivity index (χ0n) is 12.8. The van der Waals surface area contributed by atoms with Crippen LogP contribution in [0.5, 0.6) is 5.75 Å². The lowest BCUT2D eigenvalue weighted by molar-refractivity contribution is 0.265. The number of nitrogens with one attached hydrogen (secondary N) is 1. The summed E-state index contributed by atoms with van der Waals surface area (Å²) in [5, 5.41) is 3.14. The van der Waals surface area contributed by atoms with E-state index < -0.39 is 15.7 Å². The largest absolute Gasteiger partial charge is 0.493 e. The number of likely N-dealkylation sites (N-methyl/N-ethyl adjacent to an activating group) is 1. The maximum atomic E-state index is 13.3. The molecular formula is C17H18FNO3S. The van der Waals surface area contributed by atoms with Gasteiger partial charge in [-0.05, 0) is 49.4 Å². The molecule has 0 saturated carbocycles. The Morgan fingerprint density at radius 2 is 2.00 bits per heavy atom. The molecule has 4 nitrogen and oxygen atoms in total. The Morgan fingerprint density at radius 3 is 2.74 bits per heavy atom. The van der Waals surface area contributed by atoms with Crippen molar-refractivity contribution in [3.05, 3.63) is 53.8 Å². The van der Waals surface area contributed by atoms with E-state index in [0.717, 1.165) is 24.6 Å². The zero-order valence-corrected chi connectivity index (χ0v) is 13.6. The minimum atomic E-state index is -3.76. The van der Waals surface area contributed by atoms with Crippen LogP contribution in [-0.2, 0) is 9.84 Å². The Labute approximate surface area is 135 Å². The first-order valence-electron chi connectivity index (χ1n) is 7.44. The first kappa shape index (κ1) is 16.0. The summed E-state index contributed by atoms with van der Waals surface area (Å²) in [4.78, 5) is 0.0620. The Balaban J connectivity index is 2.01. The fourth-order valence-corrected chi connectivity index (χ4v) is 4.15. The number of benzene rings is 2. The van der Waals surface area contributed by atoms with Gasteiger partial charge in [0.25, 0.3) is 0 Å². The quantitative estimate of drug-likeness (QED) is 0.933. The molecule has 1 heterocycles. The van der Waals surface area contributed by atoms with E-state index in [1.807, 2.05) is 7.05 Å². The number of fused-ring (bicyclic) bond motifs is 1. The second-order valence-electron chi connectivity index (χ2n) is 5.55. The summed E-state index contributed by atoms with van der Waals surface area (Å²) in [5.41, 5.74) is 1.00. The standard InChI is InChI=1S/C17H18FNO3S/c1-19-11-12-7-8-22-17-10-15(5-6-16(12)17)23(20,21)14-4-2-3-13(18)9-14/h2-6,9-10,12,19H,7-8,11H2,1H3. The molecule has 2 aromatic carbocycles. The van der Waals surface area contributed by atoms with E-state index in [9.17, 15) is 12.8 Å². The SMILES string of the molecule is CNCC1CCOc2cc(S(=O)(=O)c3cccc(F)c3)ccc21. The van der Waals surface area contributed by atoms with E-state index in [-0.39, 0.29) is 9.79 Å². The molecule has 0 saturated heterocycles. The summed E-state index contributed by atoms with van der Waals surface area (Å²) >= 11 is 0. The number of halogens is 1. The van der Waals surface area contributed by atoms with Crippen molar-refractivity contribution >= 4 is 9.84 Å². The normalized spacial score (nSPS) is 17.4. The average Bonchev–Trinajstić information content (AvgIpc) is 2.55. The molecule has 0 amide bonds. The van der Waals surface area contributed by atoms with Crippen molar-refractivity contribution in [2.75, 3.05) is 20.2 Å². The van der Waals surface area contributed by atoms with Gasteiger partial charge in [0.15, 0.2) is 0 Å². The summed E-state index contributed by atoms with van der Waals surface area (Å²) in [5.74, 6) is 0.318. The highest BCUT2D eigenvalue weighted by Crippen LogP contribution is 2.36. The molecule has 0 spiro atoms. The summed E-state index contributed by atoms with van der Waals surface area (Å²) in [6.07, 6.45) is 0.893. The van der Waals surface area contributed by atoms with Crippen molar-refractivity contribution in [3.63, 3.8) is 0 Å². The molecular weight excluding hydrogens is 317 g/mol. The summed E-state index contributed by atoms with van der Waals surface area (Å²) in [6.45, 7) is 1.37. The van der Waals surface area contributed by atoms with Gasteiger partial charge in [0, 0.05) is 12.5 Å². The number of hydrogen-bond donors (Lipinski definition) is 1. The van der Waals surface area contributed by atoms with E-state index in [1.54, 1.807) is 12.1 Å². The Morgan fingerprint density at radius 1 is 1.22 bits per heavy atom. The molecule has 1 atom stereocenters. The van der Waals surface area contributed by atoms with Crippen molar-refractivity contribution in [2.45, 2.75) is 22.1 Å². The van der Waals surface area contributed by atoms with Gasteiger partial charge in [0.1, 0.15) is 11.6 Å². The average molecular weight is 335 g/mol. The summed E-state index contributed by atoms with van der Waals surface area (Å²) in [7, 11) is -1.87. The molecule has 1 aliphatic heterocycles. The molecule has 6 heteroatoms. The predicted octanol–water partition coefficient (Wildman–Crippen LogP) is 2.74. The van der Waals surface area contributed by atoms with Crippen LogP contribution in [0.4, 0.5) is 4.39 Å². The second-order valence-corrected chi connectivity index (χ2v) is 7.50. The molecule has 1 aliphatic rings. The van der Waals surface area contributed by atoms with Crippen molar-refractivity contribution in [1.29, 1.82) is 0 Å². The highest BCUT2D eigenvalue weighted by atomic mass is 32.2. The van der Waals surface area contributed by atoms with E-state index >= 15 is 0 Å². The minimum Gasteiger partial charge on any atom is -0.493 e. The Hall–Kier alpha value is -1.92. The number of sulfone groups is 1. The molecule has 3 rings (SSSR count). The molecule has 1 N–H and O–H groups in total. The fraction of sp³-hybridized carbons (Fsp3) is 0.294. The molecule has 122 valence electrons. The van der Waals surface area contributed by atoms with Gasteiger partial charge < -0.3 is 10.1 Å². The van der Waals surface area contributed by atoms with Crippen LogP contribution in [0.15, 0.2) is 52.3 Å². The third-order valence-corrected chi connectivity index (χ3v) is 5.77. The predicted molar refractivity (Wildman–Crippen MR) is 85.1 cm³/mol. The third-order valence-electron chi connectivity index (χ3n) is 4.02. The lowest BCUT2D eigenvalue weighted by atomic mass is 9.93. The van der Waals surface area contributed by atoms with E-state index in [2.05, 4.69) is 5.32 Å². The lowest BCUT2D eigenvalue weighted by Crippen LogP contribution is -2.23. The lowest BCUT2D eigenvalue weighted by Gasteiger charge is -2.26. The number of rotatable bonds is 4. The van der Waals surface area contributed by atoms with Crippen LogP contribution < -0.4 is 10.1 Å². The van der Waals surface area contributed by atoms with Crippen LogP contribution >= 0.6 is 0 Å². The van der Waals surface area contributed by atoms with Gasteiger partial charge in [-0.25, -0.2) is 12.8 Å². The molecule has 23 heavy (non-hydrogen) atoms. The van der Waals surface area contributed by atoms with Gasteiger partial charge >= 0.3 is 0 Å². The van der Waals surface area contributed by atoms with E-state index in [4.69, 9.17) is 4.74 Å². The van der Waals surface area contributed by atoms with Crippen molar-refractivity contribution in [3.8, 4) is 5.75 Å². The third kappa shape index (κ3) is 3.09. The van der Waals surface area contributed by atoms with Gasteiger partial charge in [0.05, 0.1) is 16.4 Å². The van der Waals surface area contributed by atoms with Gasteiger partial charge in [-0.15, -0.1) is 0 Å². The molecule has 0 aliphatic carbocycles. The van der Waals surface area contributed by atoms with Crippen LogP contribution in [0.25, 0.3) is 0 Å². The van der Waals surface area contributed by atoms with Crippen molar-refractivity contribution < 1.29 is 17.5 Å². The Kier molecular flexibility index (Phi) is 4.37. The highest BCUT2D eigenvalue weighted by molar-refractivity contribution is 7.91. The molecule has 2 aromatic rings. The zero-order chi connectivity index (χ0) is 16.4. The Bertz CT molecular complexity index is 820. The molecule has 0 aromatic heterocycles. The second kappa shape index (κ2) is 6.29. The topological polar surface area (TPSA) is 55.4 Å². The molecule has 0 radical (unpaired) electrons. The number of ether oxygens (including phenoxy) is 1. The van der Waals surface area contributed by atoms with Crippen molar-refractivity contribution in [2.24, 2.45) is 0 Å².